The van der Waals surface area contributed by atoms with Crippen LogP contribution in [0, 0.1) is 5.82 Å². The van der Waals surface area contributed by atoms with Gasteiger partial charge in [-0.1, -0.05) is 15.9 Å². The van der Waals surface area contributed by atoms with Crippen molar-refractivity contribution in [2.45, 2.75) is 6.18 Å². The number of alkyl halides is 3. The Kier molecular flexibility index (Phi) is 3.42. The van der Waals surface area contributed by atoms with Crippen molar-refractivity contribution >= 4 is 28.5 Å². The predicted octanol–water partition coefficient (Wildman–Crippen LogP) is 1.29. The average molecular weight is 287 g/mol. The topological polar surface area (TPSA) is 40.5 Å². The van der Waals surface area contributed by atoms with E-state index in [-0.39, 0.29) is 6.07 Å². The summed E-state index contributed by atoms with van der Waals surface area (Å²) in [5.74, 6) is -1.32. The maximum Gasteiger partial charge on any atom is 0.491 e. The Morgan fingerprint density at radius 3 is 2.13 bits per heavy atom. The van der Waals surface area contributed by atoms with Crippen molar-refractivity contribution in [2.24, 2.45) is 0 Å². The zero-order chi connectivity index (χ0) is 11.8. The monoisotopic (exact) mass is 286 g/mol. The normalized spacial score (nSPS) is 11.7. The molecular weight excluding hydrogens is 283 g/mol. The lowest BCUT2D eigenvalue weighted by Crippen LogP contribution is -2.33. The molecule has 0 aliphatic heterocycles. The molecule has 1 rings (SSSR count). The second kappa shape index (κ2) is 4.11. The molecule has 0 aromatic heterocycles. The lowest BCUT2D eigenvalue weighted by Gasteiger charge is -2.11. The fourth-order valence-corrected chi connectivity index (χ4v) is 1.56. The number of halogens is 5. The van der Waals surface area contributed by atoms with Gasteiger partial charge in [0.1, 0.15) is 5.82 Å². The minimum atomic E-state index is -4.70. The van der Waals surface area contributed by atoms with Gasteiger partial charge < -0.3 is 10.0 Å². The SMILES string of the molecule is OB(O)c1cc(Br)c(C(F)(F)F)cc1F. The van der Waals surface area contributed by atoms with E-state index >= 15 is 0 Å². The Morgan fingerprint density at radius 1 is 1.20 bits per heavy atom. The number of hydrogen-bond acceptors (Lipinski definition) is 2. The van der Waals surface area contributed by atoms with Crippen molar-refractivity contribution in [1.82, 2.24) is 0 Å². The van der Waals surface area contributed by atoms with Crippen LogP contribution in [-0.4, -0.2) is 17.2 Å². The van der Waals surface area contributed by atoms with Gasteiger partial charge >= 0.3 is 13.3 Å². The van der Waals surface area contributed by atoms with Gasteiger partial charge in [0, 0.05) is 9.94 Å². The lowest BCUT2D eigenvalue weighted by molar-refractivity contribution is -0.138. The molecule has 0 atom stereocenters. The standard InChI is InChI=1S/C7H4BBrF4O2/c9-5-2-4(8(14)15)6(10)1-3(5)7(11,12)13/h1-2,14-15H. The summed E-state index contributed by atoms with van der Waals surface area (Å²) in [6.07, 6.45) is -4.70. The largest absolute Gasteiger partial charge is 0.491 e. The highest BCUT2D eigenvalue weighted by Crippen LogP contribution is 2.34. The highest BCUT2D eigenvalue weighted by Gasteiger charge is 2.34. The lowest BCUT2D eigenvalue weighted by atomic mass is 9.79. The molecule has 0 saturated carbocycles. The molecule has 0 unspecified atom stereocenters. The van der Waals surface area contributed by atoms with Crippen LogP contribution in [0.4, 0.5) is 17.6 Å². The molecule has 0 bridgehead atoms. The van der Waals surface area contributed by atoms with E-state index in [0.717, 1.165) is 0 Å². The third-order valence-electron chi connectivity index (χ3n) is 1.67. The Hall–Kier alpha value is -0.595. The van der Waals surface area contributed by atoms with Gasteiger partial charge in [-0.15, -0.1) is 0 Å². The van der Waals surface area contributed by atoms with E-state index < -0.39 is 34.6 Å². The van der Waals surface area contributed by atoms with Gasteiger partial charge in [0.2, 0.25) is 0 Å². The van der Waals surface area contributed by atoms with Gasteiger partial charge in [0.25, 0.3) is 0 Å². The summed E-state index contributed by atoms with van der Waals surface area (Å²) in [4.78, 5) is 0. The summed E-state index contributed by atoms with van der Waals surface area (Å²) in [5, 5.41) is 17.3. The molecule has 15 heavy (non-hydrogen) atoms. The Balaban J connectivity index is 3.32. The maximum atomic E-state index is 13.0. The predicted molar refractivity (Wildman–Crippen MR) is 48.9 cm³/mol. The fraction of sp³-hybridized carbons (Fsp3) is 0.143. The average Bonchev–Trinajstić information content (AvgIpc) is 2.06. The van der Waals surface area contributed by atoms with Crippen LogP contribution < -0.4 is 5.46 Å². The fourth-order valence-electron chi connectivity index (χ4n) is 0.977. The van der Waals surface area contributed by atoms with Gasteiger partial charge in [-0.2, -0.15) is 13.2 Å². The summed E-state index contributed by atoms with van der Waals surface area (Å²) >= 11 is 2.58. The molecule has 2 nitrogen and oxygen atoms in total. The molecule has 0 heterocycles. The third-order valence-corrected chi connectivity index (χ3v) is 2.33. The molecule has 8 heteroatoms. The molecule has 0 fully saturated rings. The minimum Gasteiger partial charge on any atom is -0.423 e. The number of hydrogen-bond donors (Lipinski definition) is 2. The van der Waals surface area contributed by atoms with Crippen LogP contribution in [0.3, 0.4) is 0 Å². The van der Waals surface area contributed by atoms with Crippen LogP contribution in [-0.2, 0) is 6.18 Å². The zero-order valence-electron chi connectivity index (χ0n) is 7.02. The molecule has 82 valence electrons. The van der Waals surface area contributed by atoms with Crippen LogP contribution in [0.25, 0.3) is 0 Å². The van der Waals surface area contributed by atoms with Crippen molar-refractivity contribution in [3.05, 3.63) is 28.0 Å². The highest BCUT2D eigenvalue weighted by molar-refractivity contribution is 9.10. The Morgan fingerprint density at radius 2 is 1.73 bits per heavy atom. The molecule has 0 aliphatic rings. The van der Waals surface area contributed by atoms with E-state index in [4.69, 9.17) is 10.0 Å². The van der Waals surface area contributed by atoms with Gasteiger partial charge in [-0.05, 0) is 12.1 Å². The Bertz CT molecular complexity index is 380. The van der Waals surface area contributed by atoms with E-state index in [1.807, 2.05) is 0 Å². The first-order valence-corrected chi connectivity index (χ1v) is 4.45. The van der Waals surface area contributed by atoms with Gasteiger partial charge in [0.15, 0.2) is 0 Å². The number of benzene rings is 1. The molecule has 0 aliphatic carbocycles. The van der Waals surface area contributed by atoms with Crippen molar-refractivity contribution in [2.75, 3.05) is 0 Å². The van der Waals surface area contributed by atoms with Crippen LogP contribution >= 0.6 is 15.9 Å². The molecular formula is C7H4BBrF4O2. The van der Waals surface area contributed by atoms with Crippen molar-refractivity contribution in [3.8, 4) is 0 Å². The van der Waals surface area contributed by atoms with E-state index in [9.17, 15) is 17.6 Å². The first-order valence-electron chi connectivity index (χ1n) is 3.65. The summed E-state index contributed by atoms with van der Waals surface area (Å²) in [5.41, 5.74) is -1.82. The summed E-state index contributed by atoms with van der Waals surface area (Å²) < 4.78 is 49.2. The van der Waals surface area contributed by atoms with Crippen molar-refractivity contribution in [1.29, 1.82) is 0 Å². The van der Waals surface area contributed by atoms with E-state index in [2.05, 4.69) is 15.9 Å². The van der Waals surface area contributed by atoms with Gasteiger partial charge in [-0.25, -0.2) is 4.39 Å². The second-order valence-electron chi connectivity index (χ2n) is 2.72. The van der Waals surface area contributed by atoms with Crippen molar-refractivity contribution in [3.63, 3.8) is 0 Å². The quantitative estimate of drug-likeness (QED) is 0.603. The smallest absolute Gasteiger partial charge is 0.423 e. The molecule has 0 saturated heterocycles. The van der Waals surface area contributed by atoms with Crippen LogP contribution in [0.2, 0.25) is 0 Å². The maximum absolute atomic E-state index is 13.0. The Labute approximate surface area is 90.8 Å². The summed E-state index contributed by atoms with van der Waals surface area (Å²) in [6.45, 7) is 0. The van der Waals surface area contributed by atoms with E-state index in [1.54, 1.807) is 0 Å². The molecule has 1 aromatic rings. The van der Waals surface area contributed by atoms with Gasteiger partial charge in [0.05, 0.1) is 5.56 Å². The highest BCUT2D eigenvalue weighted by atomic mass is 79.9. The van der Waals surface area contributed by atoms with Crippen LogP contribution in [0.5, 0.6) is 0 Å². The third kappa shape index (κ3) is 2.70. The molecule has 0 amide bonds. The van der Waals surface area contributed by atoms with Crippen LogP contribution in [0.1, 0.15) is 5.56 Å². The van der Waals surface area contributed by atoms with Crippen molar-refractivity contribution < 1.29 is 27.6 Å². The van der Waals surface area contributed by atoms with E-state index in [0.29, 0.717) is 6.07 Å². The minimum absolute atomic E-state index is 0.207. The molecule has 2 N–H and O–H groups in total. The second-order valence-corrected chi connectivity index (χ2v) is 3.58. The first kappa shape index (κ1) is 12.5. The first-order chi connectivity index (χ1) is 6.73. The van der Waals surface area contributed by atoms with E-state index in [1.165, 1.54) is 0 Å². The van der Waals surface area contributed by atoms with Crippen LogP contribution in [0.15, 0.2) is 16.6 Å². The summed E-state index contributed by atoms with van der Waals surface area (Å²) in [6, 6.07) is 0.891. The zero-order valence-corrected chi connectivity index (χ0v) is 8.60. The van der Waals surface area contributed by atoms with Gasteiger partial charge in [-0.3, -0.25) is 0 Å². The number of rotatable bonds is 1. The summed E-state index contributed by atoms with van der Waals surface area (Å²) in [7, 11) is -2.15. The molecule has 0 radical (unpaired) electrons. The molecule has 0 spiro atoms. The molecule has 1 aromatic carbocycles.